The van der Waals surface area contributed by atoms with E-state index in [-0.39, 0.29) is 30.2 Å². The summed E-state index contributed by atoms with van der Waals surface area (Å²) in [5, 5.41) is 0. The molecule has 5 heteroatoms. The number of aryl methyl sites for hydroxylation is 1. The number of nitrogens with zero attached hydrogens (tertiary/aromatic N) is 1. The van der Waals surface area contributed by atoms with Crippen molar-refractivity contribution in [1.29, 1.82) is 0 Å². The zero-order valence-corrected chi connectivity index (χ0v) is 16.4. The molecule has 0 spiro atoms. The van der Waals surface area contributed by atoms with Gasteiger partial charge in [0, 0.05) is 25.1 Å². The van der Waals surface area contributed by atoms with Crippen LogP contribution in [0.15, 0.2) is 77.7 Å². The smallest absolute Gasteiger partial charge is 0.243 e. The number of hydrogen-bond donors (Lipinski definition) is 0. The summed E-state index contributed by atoms with van der Waals surface area (Å²) in [6, 6.07) is 22.4. The van der Waals surface area contributed by atoms with Crippen LogP contribution in [0.4, 0.5) is 0 Å². The van der Waals surface area contributed by atoms with E-state index in [4.69, 9.17) is 0 Å². The van der Waals surface area contributed by atoms with Gasteiger partial charge in [-0.2, -0.15) is 4.31 Å². The van der Waals surface area contributed by atoms with Gasteiger partial charge in [0.25, 0.3) is 0 Å². The van der Waals surface area contributed by atoms with Crippen LogP contribution >= 0.6 is 0 Å². The number of sulfonamides is 1. The molecule has 0 bridgehead atoms. The van der Waals surface area contributed by atoms with Gasteiger partial charge >= 0.3 is 0 Å². The van der Waals surface area contributed by atoms with Gasteiger partial charge in [-0.3, -0.25) is 4.79 Å². The summed E-state index contributed by atoms with van der Waals surface area (Å²) in [5.74, 6) is -0.0174. The zero-order chi connectivity index (χ0) is 19.7. The minimum absolute atomic E-state index is 0.0174. The number of benzene rings is 3. The predicted octanol–water partition coefficient (Wildman–Crippen LogP) is 4.44. The summed E-state index contributed by atoms with van der Waals surface area (Å²) in [5.41, 5.74) is 4.38. The van der Waals surface area contributed by atoms with Crippen LogP contribution < -0.4 is 0 Å². The fourth-order valence-electron chi connectivity index (χ4n) is 3.50. The van der Waals surface area contributed by atoms with Gasteiger partial charge in [0.05, 0.1) is 4.90 Å². The lowest BCUT2D eigenvalue weighted by Gasteiger charge is -2.20. The van der Waals surface area contributed by atoms with E-state index in [2.05, 4.69) is 0 Å². The molecule has 0 aromatic heterocycles. The van der Waals surface area contributed by atoms with Gasteiger partial charge in [-0.05, 0) is 41.8 Å². The summed E-state index contributed by atoms with van der Waals surface area (Å²) < 4.78 is 27.7. The average molecular weight is 391 g/mol. The molecule has 4 rings (SSSR count). The first-order valence-corrected chi connectivity index (χ1v) is 10.7. The Morgan fingerprint density at radius 2 is 1.57 bits per heavy atom. The highest BCUT2D eigenvalue weighted by molar-refractivity contribution is 7.89. The Bertz CT molecular complexity index is 1120. The summed E-state index contributed by atoms with van der Waals surface area (Å²) in [6.45, 7) is 2.30. The molecule has 0 amide bonds. The maximum atomic E-state index is 13.1. The predicted molar refractivity (Wildman–Crippen MR) is 110 cm³/mol. The van der Waals surface area contributed by atoms with Gasteiger partial charge < -0.3 is 0 Å². The number of rotatable bonds is 3. The van der Waals surface area contributed by atoms with Crippen molar-refractivity contribution in [1.82, 2.24) is 4.31 Å². The molecule has 1 aliphatic rings. The number of fused-ring (bicyclic) bond motifs is 1. The number of ketones is 1. The summed E-state index contributed by atoms with van der Waals surface area (Å²) in [4.78, 5) is 12.8. The molecule has 1 heterocycles. The highest BCUT2D eigenvalue weighted by Crippen LogP contribution is 2.28. The molecule has 0 atom stereocenters. The normalized spacial score (nSPS) is 15.1. The maximum absolute atomic E-state index is 13.1. The molecule has 4 nitrogen and oxygen atoms in total. The molecule has 0 aliphatic carbocycles. The van der Waals surface area contributed by atoms with E-state index < -0.39 is 10.0 Å². The lowest BCUT2D eigenvalue weighted by atomic mass is 9.97. The Balaban J connectivity index is 1.73. The van der Waals surface area contributed by atoms with Crippen molar-refractivity contribution < 1.29 is 13.2 Å². The molecule has 0 fully saturated rings. The van der Waals surface area contributed by atoms with E-state index >= 15 is 0 Å². The van der Waals surface area contributed by atoms with Crippen molar-refractivity contribution in [2.24, 2.45) is 0 Å². The molecular formula is C23H21NO3S. The first-order chi connectivity index (χ1) is 13.4. The fraction of sp³-hybridized carbons (Fsp3) is 0.174. The van der Waals surface area contributed by atoms with Crippen LogP contribution in [0.3, 0.4) is 0 Å². The van der Waals surface area contributed by atoms with Gasteiger partial charge in [0.1, 0.15) is 0 Å². The average Bonchev–Trinajstić information content (AvgIpc) is 2.88. The molecule has 1 aliphatic heterocycles. The fourth-order valence-corrected chi connectivity index (χ4v) is 4.92. The Morgan fingerprint density at radius 3 is 2.29 bits per heavy atom. The first kappa shape index (κ1) is 18.6. The topological polar surface area (TPSA) is 54.5 Å². The van der Waals surface area contributed by atoms with Crippen LogP contribution in [0.25, 0.3) is 11.1 Å². The van der Waals surface area contributed by atoms with Crippen LogP contribution in [-0.2, 0) is 16.6 Å². The van der Waals surface area contributed by atoms with E-state index in [0.29, 0.717) is 5.56 Å². The molecule has 3 aromatic carbocycles. The Kier molecular flexibility index (Phi) is 4.87. The van der Waals surface area contributed by atoms with Crippen molar-refractivity contribution in [2.45, 2.75) is 24.8 Å². The lowest BCUT2D eigenvalue weighted by Crippen LogP contribution is -2.31. The second-order valence-corrected chi connectivity index (χ2v) is 9.00. The third-order valence-corrected chi connectivity index (χ3v) is 6.97. The van der Waals surface area contributed by atoms with Crippen LogP contribution in [0.5, 0.6) is 0 Å². The van der Waals surface area contributed by atoms with Crippen molar-refractivity contribution in [2.75, 3.05) is 6.54 Å². The van der Waals surface area contributed by atoms with E-state index in [9.17, 15) is 13.2 Å². The van der Waals surface area contributed by atoms with Crippen molar-refractivity contribution >= 4 is 15.8 Å². The molecule has 0 radical (unpaired) electrons. The van der Waals surface area contributed by atoms with Crippen LogP contribution in [-0.4, -0.2) is 25.1 Å². The molecule has 0 N–H and O–H groups in total. The van der Waals surface area contributed by atoms with E-state index in [1.54, 1.807) is 24.3 Å². The monoisotopic (exact) mass is 391 g/mol. The largest absolute Gasteiger partial charge is 0.294 e. The van der Waals surface area contributed by atoms with Crippen LogP contribution in [0, 0.1) is 6.92 Å². The number of hydrogen-bond acceptors (Lipinski definition) is 3. The minimum Gasteiger partial charge on any atom is -0.294 e. The maximum Gasteiger partial charge on any atom is 0.243 e. The highest BCUT2D eigenvalue weighted by Gasteiger charge is 2.29. The zero-order valence-electron chi connectivity index (χ0n) is 15.6. The molecule has 3 aromatic rings. The molecule has 28 heavy (non-hydrogen) atoms. The van der Waals surface area contributed by atoms with Crippen LogP contribution in [0.2, 0.25) is 0 Å². The second-order valence-electron chi connectivity index (χ2n) is 7.06. The third kappa shape index (κ3) is 3.51. The van der Waals surface area contributed by atoms with Gasteiger partial charge in [0.15, 0.2) is 5.78 Å². The Labute approximate surface area is 165 Å². The highest BCUT2D eigenvalue weighted by atomic mass is 32.2. The van der Waals surface area contributed by atoms with Gasteiger partial charge in [-0.25, -0.2) is 8.42 Å². The molecular weight excluding hydrogens is 370 g/mol. The standard InChI is InChI=1S/C23H21NO3S/c1-17-7-10-21(11-8-17)28(26,27)24-14-13-23(25)22-12-9-19(15-20(22)16-24)18-5-3-2-4-6-18/h2-12,15H,13-14,16H2,1H3. The summed E-state index contributed by atoms with van der Waals surface area (Å²) in [7, 11) is -3.66. The SMILES string of the molecule is Cc1ccc(S(=O)(=O)N2CCC(=O)c3ccc(-c4ccccc4)cc3C2)cc1. The van der Waals surface area contributed by atoms with E-state index in [0.717, 1.165) is 22.3 Å². The number of Topliss-reactive ketones (excluding diaryl/α,β-unsaturated/α-hetero) is 1. The number of carbonyl (C=O) groups excluding carboxylic acids is 1. The molecule has 142 valence electrons. The van der Waals surface area contributed by atoms with Crippen molar-refractivity contribution in [3.63, 3.8) is 0 Å². The number of carbonyl (C=O) groups is 1. The van der Waals surface area contributed by atoms with Gasteiger partial charge in [0.2, 0.25) is 10.0 Å². The summed E-state index contributed by atoms with van der Waals surface area (Å²) in [6.07, 6.45) is 0.183. The van der Waals surface area contributed by atoms with E-state index in [1.165, 1.54) is 4.31 Å². The second kappa shape index (κ2) is 7.34. The van der Waals surface area contributed by atoms with Gasteiger partial charge in [-0.15, -0.1) is 0 Å². The Morgan fingerprint density at radius 1 is 0.857 bits per heavy atom. The van der Waals surface area contributed by atoms with E-state index in [1.807, 2.05) is 55.5 Å². The third-order valence-electron chi connectivity index (χ3n) is 5.11. The minimum atomic E-state index is -3.66. The van der Waals surface area contributed by atoms with Crippen molar-refractivity contribution in [3.05, 3.63) is 89.5 Å². The molecule has 0 unspecified atom stereocenters. The van der Waals surface area contributed by atoms with Gasteiger partial charge in [-0.1, -0.05) is 60.2 Å². The van der Waals surface area contributed by atoms with Crippen LogP contribution in [0.1, 0.15) is 27.9 Å². The molecule has 0 saturated carbocycles. The quantitative estimate of drug-likeness (QED) is 0.663. The van der Waals surface area contributed by atoms with Crippen molar-refractivity contribution in [3.8, 4) is 11.1 Å². The molecule has 0 saturated heterocycles. The first-order valence-electron chi connectivity index (χ1n) is 9.23. The lowest BCUT2D eigenvalue weighted by molar-refractivity contribution is 0.0981. The Hall–Kier alpha value is -2.76. The summed E-state index contributed by atoms with van der Waals surface area (Å²) >= 11 is 0.